The summed E-state index contributed by atoms with van der Waals surface area (Å²) in [5, 5.41) is 8.48. The van der Waals surface area contributed by atoms with Crippen LogP contribution in [0.15, 0.2) is 10.9 Å². The fourth-order valence-corrected chi connectivity index (χ4v) is 5.88. The third-order valence-electron chi connectivity index (χ3n) is 6.88. The lowest BCUT2D eigenvalue weighted by Gasteiger charge is -2.34. The second-order valence-corrected chi connectivity index (χ2v) is 10.4. The number of fused-ring (bicyclic) bond motifs is 1. The third-order valence-corrected chi connectivity index (χ3v) is 7.85. The van der Waals surface area contributed by atoms with Gasteiger partial charge in [0.05, 0.1) is 0 Å². The van der Waals surface area contributed by atoms with Gasteiger partial charge in [-0.15, -0.1) is 5.10 Å². The molecule has 2 fully saturated rings. The molecule has 188 valence electrons. The van der Waals surface area contributed by atoms with E-state index in [0.717, 1.165) is 95.3 Å². The first-order valence-corrected chi connectivity index (χ1v) is 13.8. The van der Waals surface area contributed by atoms with Crippen LogP contribution < -0.4 is 15.8 Å². The largest absolute Gasteiger partial charge is 0.356 e. The van der Waals surface area contributed by atoms with Gasteiger partial charge < -0.3 is 20.0 Å². The van der Waals surface area contributed by atoms with E-state index in [4.69, 9.17) is 0 Å². The van der Waals surface area contributed by atoms with Crippen molar-refractivity contribution in [3.05, 3.63) is 22.1 Å². The molecule has 2 aliphatic rings. The molecular formula is C24H39N7O2S. The minimum Gasteiger partial charge on any atom is -0.356 e. The molecule has 2 aromatic heterocycles. The van der Waals surface area contributed by atoms with Gasteiger partial charge in [-0.3, -0.25) is 9.59 Å². The molecule has 0 aromatic carbocycles. The highest BCUT2D eigenvalue weighted by Crippen LogP contribution is 2.27. The van der Waals surface area contributed by atoms with Gasteiger partial charge in [0, 0.05) is 63.5 Å². The van der Waals surface area contributed by atoms with Crippen molar-refractivity contribution in [2.24, 2.45) is 5.92 Å². The van der Waals surface area contributed by atoms with Crippen molar-refractivity contribution in [2.45, 2.75) is 52.4 Å². The van der Waals surface area contributed by atoms with Crippen LogP contribution in [0, 0.1) is 5.92 Å². The topological polar surface area (TPSA) is 86.1 Å². The van der Waals surface area contributed by atoms with Crippen LogP contribution in [0.2, 0.25) is 0 Å². The van der Waals surface area contributed by atoms with E-state index < -0.39 is 0 Å². The molecule has 2 aliphatic heterocycles. The van der Waals surface area contributed by atoms with Crippen LogP contribution in [0.5, 0.6) is 0 Å². The van der Waals surface area contributed by atoms with Crippen molar-refractivity contribution in [1.29, 1.82) is 0 Å². The number of aryl methyl sites for hydroxylation is 1. The Morgan fingerprint density at radius 3 is 2.44 bits per heavy atom. The maximum absolute atomic E-state index is 12.7. The fourth-order valence-electron chi connectivity index (χ4n) is 4.90. The van der Waals surface area contributed by atoms with E-state index >= 15 is 0 Å². The van der Waals surface area contributed by atoms with E-state index in [1.807, 2.05) is 0 Å². The van der Waals surface area contributed by atoms with Crippen molar-refractivity contribution in [1.82, 2.24) is 29.7 Å². The zero-order valence-electron chi connectivity index (χ0n) is 20.7. The van der Waals surface area contributed by atoms with E-state index in [0.29, 0.717) is 4.96 Å². The average Bonchev–Trinajstić information content (AvgIpc) is 3.28. The number of anilines is 1. The molecule has 4 rings (SSSR count). The lowest BCUT2D eigenvalue weighted by Crippen LogP contribution is -2.47. The summed E-state index contributed by atoms with van der Waals surface area (Å²) in [5.41, 5.74) is 0.713. The molecule has 9 nitrogen and oxygen atoms in total. The smallest absolute Gasteiger partial charge is 0.275 e. The van der Waals surface area contributed by atoms with Crippen molar-refractivity contribution >= 4 is 27.3 Å². The summed E-state index contributed by atoms with van der Waals surface area (Å²) in [6, 6.07) is 1.59. The number of rotatable bonds is 10. The number of nitrogens with zero attached hydrogens (tertiary/aromatic N) is 6. The van der Waals surface area contributed by atoms with E-state index in [-0.39, 0.29) is 17.4 Å². The Kier molecular flexibility index (Phi) is 8.91. The van der Waals surface area contributed by atoms with Crippen molar-refractivity contribution < 1.29 is 4.79 Å². The molecule has 0 saturated carbocycles. The normalized spacial score (nSPS) is 18.6. The van der Waals surface area contributed by atoms with E-state index in [1.165, 1.54) is 28.8 Å². The molecule has 0 spiro atoms. The summed E-state index contributed by atoms with van der Waals surface area (Å²) >= 11 is 1.46. The van der Waals surface area contributed by atoms with Crippen molar-refractivity contribution in [3.8, 4) is 0 Å². The number of carbonyl (C=O) groups is 1. The van der Waals surface area contributed by atoms with E-state index in [2.05, 4.69) is 43.9 Å². The first-order chi connectivity index (χ1) is 16.6. The Labute approximate surface area is 206 Å². The molecule has 0 bridgehead atoms. The van der Waals surface area contributed by atoms with Crippen molar-refractivity contribution in [3.63, 3.8) is 0 Å². The Balaban J connectivity index is 1.18. The minimum absolute atomic E-state index is 0.0558. The highest BCUT2D eigenvalue weighted by molar-refractivity contribution is 7.20. The highest BCUT2D eigenvalue weighted by atomic mass is 32.1. The Morgan fingerprint density at radius 2 is 1.76 bits per heavy atom. The maximum atomic E-state index is 12.7. The minimum atomic E-state index is -0.118. The summed E-state index contributed by atoms with van der Waals surface area (Å²) in [6.45, 7) is 13.5. The number of hydrogen-bond donors (Lipinski definition) is 1. The first-order valence-electron chi connectivity index (χ1n) is 12.9. The van der Waals surface area contributed by atoms with Gasteiger partial charge in [-0.05, 0) is 45.2 Å². The molecule has 2 aromatic rings. The molecule has 10 heteroatoms. The highest BCUT2D eigenvalue weighted by Gasteiger charge is 2.27. The number of hydrogen-bond acceptors (Lipinski definition) is 8. The van der Waals surface area contributed by atoms with Gasteiger partial charge in [0.15, 0.2) is 0 Å². The lowest BCUT2D eigenvalue weighted by atomic mass is 9.96. The molecule has 0 atom stereocenters. The van der Waals surface area contributed by atoms with Gasteiger partial charge in [-0.1, -0.05) is 31.6 Å². The molecule has 0 aliphatic carbocycles. The van der Waals surface area contributed by atoms with Crippen LogP contribution in [0.3, 0.4) is 0 Å². The van der Waals surface area contributed by atoms with Crippen LogP contribution >= 0.6 is 11.3 Å². The molecular weight excluding hydrogens is 450 g/mol. The van der Waals surface area contributed by atoms with Crippen LogP contribution in [0.1, 0.15) is 51.6 Å². The maximum Gasteiger partial charge on any atom is 0.275 e. The summed E-state index contributed by atoms with van der Waals surface area (Å²) < 4.78 is 1.40. The molecule has 1 amide bonds. The monoisotopic (exact) mass is 489 g/mol. The van der Waals surface area contributed by atoms with Crippen LogP contribution in [-0.2, 0) is 11.2 Å². The van der Waals surface area contributed by atoms with Gasteiger partial charge >= 0.3 is 0 Å². The zero-order valence-corrected chi connectivity index (χ0v) is 21.5. The molecule has 1 N–H and O–H groups in total. The molecule has 2 saturated heterocycles. The molecule has 4 heterocycles. The van der Waals surface area contributed by atoms with Gasteiger partial charge in [-0.25, -0.2) is 4.98 Å². The number of nitrogens with one attached hydrogen (secondary N) is 1. The Bertz CT molecular complexity index is 991. The van der Waals surface area contributed by atoms with Crippen LogP contribution in [-0.4, -0.2) is 89.2 Å². The quantitative estimate of drug-likeness (QED) is 0.510. The summed E-state index contributed by atoms with van der Waals surface area (Å²) in [4.78, 5) is 37.5. The standard InChI is InChI=1S/C24H39N7O2S/c1-3-6-20-18-21(32)31-23(26-20)34-24(27-31)30-12-7-19(8-13-30)22(33)25-9-5-11-29-16-14-28(10-4-2)15-17-29/h18-19H,3-17H2,1-2H3,(H,25,33). The number of piperidine rings is 1. The number of piperazine rings is 1. The molecule has 0 unspecified atom stereocenters. The second-order valence-electron chi connectivity index (χ2n) is 9.50. The van der Waals surface area contributed by atoms with Gasteiger partial charge in [0.1, 0.15) is 0 Å². The summed E-state index contributed by atoms with van der Waals surface area (Å²) in [7, 11) is 0. The van der Waals surface area contributed by atoms with Gasteiger partial charge in [0.25, 0.3) is 5.56 Å². The predicted molar refractivity (Wildman–Crippen MR) is 137 cm³/mol. The van der Waals surface area contributed by atoms with Gasteiger partial charge in [0.2, 0.25) is 16.0 Å². The average molecular weight is 490 g/mol. The predicted octanol–water partition coefficient (Wildman–Crippen LogP) is 1.85. The Hall–Kier alpha value is -2.04. The number of aromatic nitrogens is 3. The van der Waals surface area contributed by atoms with Crippen LogP contribution in [0.4, 0.5) is 5.13 Å². The lowest BCUT2D eigenvalue weighted by molar-refractivity contribution is -0.125. The van der Waals surface area contributed by atoms with Crippen LogP contribution in [0.25, 0.3) is 4.96 Å². The zero-order chi connectivity index (χ0) is 23.9. The number of amides is 1. The van der Waals surface area contributed by atoms with E-state index in [9.17, 15) is 9.59 Å². The third kappa shape index (κ3) is 6.34. The molecule has 34 heavy (non-hydrogen) atoms. The van der Waals surface area contributed by atoms with Gasteiger partial charge in [-0.2, -0.15) is 4.52 Å². The number of carbonyl (C=O) groups excluding carboxylic acids is 1. The fraction of sp³-hybridized carbons (Fsp3) is 0.750. The first kappa shape index (κ1) is 25.1. The summed E-state index contributed by atoms with van der Waals surface area (Å²) in [5.74, 6) is 0.235. The Morgan fingerprint density at radius 1 is 1.06 bits per heavy atom. The molecule has 0 radical (unpaired) electrons. The summed E-state index contributed by atoms with van der Waals surface area (Å²) in [6.07, 6.45) is 5.61. The SMILES string of the molecule is CCCc1cc(=O)n2nc(N3CCC(C(=O)NCCCN4CCN(CCC)CC4)CC3)sc2n1. The van der Waals surface area contributed by atoms with Crippen molar-refractivity contribution in [2.75, 3.05) is 63.8 Å². The van der Waals surface area contributed by atoms with E-state index in [1.54, 1.807) is 6.07 Å². The second kappa shape index (κ2) is 12.1.